The van der Waals surface area contributed by atoms with Gasteiger partial charge in [-0.3, -0.25) is 4.79 Å². The monoisotopic (exact) mass is 271 g/mol. The Labute approximate surface area is 119 Å². The second-order valence-corrected chi connectivity index (χ2v) is 3.99. The summed E-state index contributed by atoms with van der Waals surface area (Å²) in [6.45, 7) is 0.775. The number of carbonyl (C=O) groups is 1. The third-order valence-electron chi connectivity index (χ3n) is 2.58. The molecular formula is C16H17NO3. The highest BCUT2D eigenvalue weighted by atomic mass is 16.5. The van der Waals surface area contributed by atoms with Crippen molar-refractivity contribution < 1.29 is 14.3 Å². The van der Waals surface area contributed by atoms with E-state index >= 15 is 0 Å². The molecule has 2 N–H and O–H groups in total. The van der Waals surface area contributed by atoms with Crippen LogP contribution in [0.5, 0.6) is 11.5 Å². The average molecular weight is 271 g/mol. The number of hydrogen-bond acceptors (Lipinski definition) is 4. The Morgan fingerprint density at radius 1 is 1.15 bits per heavy atom. The number of carbonyl (C=O) groups excluding carboxylic acids is 1. The minimum absolute atomic E-state index is 0.118. The Balaban J connectivity index is 3.18. The van der Waals surface area contributed by atoms with Crippen molar-refractivity contribution in [2.75, 3.05) is 19.8 Å². The molecule has 0 aliphatic rings. The van der Waals surface area contributed by atoms with Gasteiger partial charge >= 0.3 is 0 Å². The SMILES string of the molecule is C#CCOc1cc(C=O)cc(OCC#C)c1CCCN. The molecule has 104 valence electrons. The summed E-state index contributed by atoms with van der Waals surface area (Å²) in [7, 11) is 0. The molecule has 0 unspecified atom stereocenters. The van der Waals surface area contributed by atoms with Crippen LogP contribution in [0.25, 0.3) is 0 Å². The number of rotatable bonds is 8. The first kappa shape index (κ1) is 15.6. The highest BCUT2D eigenvalue weighted by molar-refractivity contribution is 5.77. The molecule has 0 spiro atoms. The van der Waals surface area contributed by atoms with Crippen LogP contribution in [0.2, 0.25) is 0 Å². The van der Waals surface area contributed by atoms with Crippen LogP contribution in [0.4, 0.5) is 0 Å². The van der Waals surface area contributed by atoms with Crippen molar-refractivity contribution in [1.29, 1.82) is 0 Å². The fraction of sp³-hybridized carbons (Fsp3) is 0.312. The second-order valence-electron chi connectivity index (χ2n) is 3.99. The van der Waals surface area contributed by atoms with Gasteiger partial charge in [0, 0.05) is 11.1 Å². The van der Waals surface area contributed by atoms with Crippen molar-refractivity contribution in [2.45, 2.75) is 12.8 Å². The number of benzene rings is 1. The lowest BCUT2D eigenvalue weighted by atomic mass is 10.0. The maximum atomic E-state index is 11.0. The number of nitrogens with two attached hydrogens (primary N) is 1. The molecule has 0 saturated heterocycles. The van der Waals surface area contributed by atoms with Crippen molar-refractivity contribution in [1.82, 2.24) is 0 Å². The maximum Gasteiger partial charge on any atom is 0.150 e. The molecule has 0 amide bonds. The van der Waals surface area contributed by atoms with E-state index in [0.29, 0.717) is 30.0 Å². The summed E-state index contributed by atoms with van der Waals surface area (Å²) in [4.78, 5) is 11.0. The molecule has 0 aromatic heterocycles. The fourth-order valence-corrected chi connectivity index (χ4v) is 1.73. The van der Waals surface area contributed by atoms with Gasteiger partial charge in [0.25, 0.3) is 0 Å². The van der Waals surface area contributed by atoms with Gasteiger partial charge in [0.1, 0.15) is 31.0 Å². The summed E-state index contributed by atoms with van der Waals surface area (Å²) >= 11 is 0. The highest BCUT2D eigenvalue weighted by Gasteiger charge is 2.13. The van der Waals surface area contributed by atoms with Crippen LogP contribution in [-0.2, 0) is 6.42 Å². The minimum atomic E-state index is 0.118. The van der Waals surface area contributed by atoms with Crippen LogP contribution in [-0.4, -0.2) is 26.0 Å². The Hall–Kier alpha value is -2.43. The molecule has 20 heavy (non-hydrogen) atoms. The van der Waals surface area contributed by atoms with Crippen molar-refractivity contribution in [3.05, 3.63) is 23.3 Å². The summed E-state index contributed by atoms with van der Waals surface area (Å²) in [5.74, 6) is 5.85. The molecule has 0 atom stereocenters. The molecule has 0 bridgehead atoms. The maximum absolute atomic E-state index is 11.0. The van der Waals surface area contributed by atoms with Crippen molar-refractivity contribution in [2.24, 2.45) is 5.73 Å². The van der Waals surface area contributed by atoms with E-state index in [1.165, 1.54) is 0 Å². The highest BCUT2D eigenvalue weighted by Crippen LogP contribution is 2.31. The molecular weight excluding hydrogens is 254 g/mol. The summed E-state index contributed by atoms with van der Waals surface area (Å²) in [5.41, 5.74) is 6.80. The third-order valence-corrected chi connectivity index (χ3v) is 2.58. The molecule has 4 heteroatoms. The number of ether oxygens (including phenoxy) is 2. The van der Waals surface area contributed by atoms with Gasteiger partial charge < -0.3 is 15.2 Å². The van der Waals surface area contributed by atoms with E-state index in [4.69, 9.17) is 28.1 Å². The van der Waals surface area contributed by atoms with Gasteiger partial charge in [-0.25, -0.2) is 0 Å². The van der Waals surface area contributed by atoms with Gasteiger partial charge in [-0.1, -0.05) is 11.8 Å². The fourth-order valence-electron chi connectivity index (χ4n) is 1.73. The summed E-state index contributed by atoms with van der Waals surface area (Å²) in [6, 6.07) is 3.28. The molecule has 0 saturated carbocycles. The molecule has 0 aliphatic carbocycles. The number of hydrogen-bond donors (Lipinski definition) is 1. The first-order valence-electron chi connectivity index (χ1n) is 6.21. The predicted octanol–water partition coefficient (Wildman–Crippen LogP) is 1.41. The molecule has 1 aromatic rings. The van der Waals surface area contributed by atoms with Crippen LogP contribution >= 0.6 is 0 Å². The van der Waals surface area contributed by atoms with E-state index in [-0.39, 0.29) is 13.2 Å². The van der Waals surface area contributed by atoms with E-state index in [9.17, 15) is 4.79 Å². The predicted molar refractivity (Wildman–Crippen MR) is 77.9 cm³/mol. The van der Waals surface area contributed by atoms with Gasteiger partial charge in [0.15, 0.2) is 0 Å². The first-order valence-corrected chi connectivity index (χ1v) is 6.21. The summed E-state index contributed by atoms with van der Waals surface area (Å²) in [5, 5.41) is 0. The smallest absolute Gasteiger partial charge is 0.150 e. The summed E-state index contributed by atoms with van der Waals surface area (Å²) < 4.78 is 11.0. The third kappa shape index (κ3) is 4.35. The van der Waals surface area contributed by atoms with Crippen molar-refractivity contribution >= 4 is 6.29 Å². The zero-order valence-electron chi connectivity index (χ0n) is 11.2. The normalized spacial score (nSPS) is 9.35. The topological polar surface area (TPSA) is 61.5 Å². The van der Waals surface area contributed by atoms with E-state index in [0.717, 1.165) is 18.3 Å². The van der Waals surface area contributed by atoms with Gasteiger partial charge in [-0.2, -0.15) is 0 Å². The average Bonchev–Trinajstić information content (AvgIpc) is 2.48. The zero-order chi connectivity index (χ0) is 14.8. The summed E-state index contributed by atoms with van der Waals surface area (Å²) in [6.07, 6.45) is 12.5. The zero-order valence-corrected chi connectivity index (χ0v) is 11.2. The Kier molecular flexibility index (Phi) is 6.75. The lowest BCUT2D eigenvalue weighted by Gasteiger charge is -2.15. The molecule has 0 aliphatic heterocycles. The van der Waals surface area contributed by atoms with Gasteiger partial charge in [0.05, 0.1) is 0 Å². The minimum Gasteiger partial charge on any atom is -0.481 e. The van der Waals surface area contributed by atoms with Gasteiger partial charge in [0.2, 0.25) is 0 Å². The van der Waals surface area contributed by atoms with Crippen molar-refractivity contribution in [3.63, 3.8) is 0 Å². The van der Waals surface area contributed by atoms with E-state index in [2.05, 4.69) is 11.8 Å². The van der Waals surface area contributed by atoms with E-state index < -0.39 is 0 Å². The van der Waals surface area contributed by atoms with Crippen LogP contribution in [0.3, 0.4) is 0 Å². The first-order chi connectivity index (χ1) is 9.76. The van der Waals surface area contributed by atoms with Crippen LogP contribution in [0, 0.1) is 24.7 Å². The van der Waals surface area contributed by atoms with Crippen LogP contribution < -0.4 is 15.2 Å². The number of terminal acetylenes is 2. The molecule has 1 aromatic carbocycles. The van der Waals surface area contributed by atoms with E-state index in [1.807, 2.05) is 0 Å². The molecule has 1 rings (SSSR count). The van der Waals surface area contributed by atoms with Gasteiger partial charge in [-0.15, -0.1) is 12.8 Å². The lowest BCUT2D eigenvalue weighted by molar-refractivity contribution is 0.112. The second kappa shape index (κ2) is 8.63. The Morgan fingerprint density at radius 3 is 2.10 bits per heavy atom. The van der Waals surface area contributed by atoms with Gasteiger partial charge in [-0.05, 0) is 31.5 Å². The molecule has 4 nitrogen and oxygen atoms in total. The van der Waals surface area contributed by atoms with Crippen molar-refractivity contribution in [3.8, 4) is 36.2 Å². The Bertz CT molecular complexity index is 499. The van der Waals surface area contributed by atoms with Crippen LogP contribution in [0.1, 0.15) is 22.3 Å². The van der Waals surface area contributed by atoms with Crippen LogP contribution in [0.15, 0.2) is 12.1 Å². The molecule has 0 fully saturated rings. The number of aldehydes is 1. The Morgan fingerprint density at radius 2 is 1.70 bits per heavy atom. The molecule has 0 heterocycles. The van der Waals surface area contributed by atoms with E-state index in [1.54, 1.807) is 12.1 Å². The quantitative estimate of drug-likeness (QED) is 0.573. The molecule has 0 radical (unpaired) electrons. The largest absolute Gasteiger partial charge is 0.481 e. The standard InChI is InChI=1S/C16H17NO3/c1-3-8-19-15-10-13(12-18)11-16(20-9-4-2)14(15)6-5-7-17/h1-2,10-12H,5-9,17H2. The lowest BCUT2D eigenvalue weighted by Crippen LogP contribution is -2.07.